The Kier molecular flexibility index (Phi) is 5.58. The second kappa shape index (κ2) is 7.74. The number of nitrogens with zero attached hydrogens (tertiary/aromatic N) is 3. The normalized spacial score (nSPS) is 22.2. The highest BCUT2D eigenvalue weighted by atomic mass is 35.5. The maximum absolute atomic E-state index is 12.6. The molecule has 2 atom stereocenters. The zero-order chi connectivity index (χ0) is 19.7. The van der Waals surface area contributed by atoms with Gasteiger partial charge in [-0.05, 0) is 6.92 Å². The summed E-state index contributed by atoms with van der Waals surface area (Å²) in [6.07, 6.45) is 0. The lowest BCUT2D eigenvalue weighted by molar-refractivity contribution is -0.150. The summed E-state index contributed by atoms with van der Waals surface area (Å²) in [5, 5.41) is 16.9. The first-order valence-electron chi connectivity index (χ1n) is 7.64. The van der Waals surface area contributed by atoms with Gasteiger partial charge in [-0.1, -0.05) is 16.8 Å². The number of hydrogen-bond donors (Lipinski definition) is 3. The molecule has 0 bridgehead atoms. The van der Waals surface area contributed by atoms with E-state index in [0.717, 1.165) is 16.2 Å². The molecule has 1 saturated heterocycles. The van der Waals surface area contributed by atoms with Crippen molar-refractivity contribution in [1.29, 1.82) is 0 Å². The number of anilines is 1. The van der Waals surface area contributed by atoms with E-state index in [1.807, 2.05) is 0 Å². The van der Waals surface area contributed by atoms with Crippen molar-refractivity contribution in [2.45, 2.75) is 18.3 Å². The van der Waals surface area contributed by atoms with Crippen LogP contribution < -0.4 is 11.1 Å². The van der Waals surface area contributed by atoms with Crippen LogP contribution in [0, 0.1) is 0 Å². The maximum Gasteiger partial charge on any atom is 0.353 e. The number of β-lactam (4-membered cyclic amide) rings is 1. The van der Waals surface area contributed by atoms with Crippen LogP contribution in [0.2, 0.25) is 0 Å². The largest absolute Gasteiger partial charge is 0.477 e. The number of nitrogens with one attached hydrogen (secondary N) is 1. The monoisotopic (exact) mass is 431 g/mol. The number of carboxylic acids is 1. The van der Waals surface area contributed by atoms with E-state index < -0.39 is 29.2 Å². The van der Waals surface area contributed by atoms with E-state index in [4.69, 9.17) is 22.2 Å². The first-order chi connectivity index (χ1) is 12.8. The minimum Gasteiger partial charge on any atom is -0.477 e. The summed E-state index contributed by atoms with van der Waals surface area (Å²) < 4.78 is 0. The standard InChI is InChI=1S/C14H14ClN5O5S2/c1-2-25-19-7(6-4-27-14(16)17-6)10(21)18-8-11(22)20-9(13(23)24)5(15)3-26-12(8)20/h4,8,12H,2-3H2,1H3,(H2,16,17)(H,18,21)(H,23,24)/t8?,12-/m0/s1. The van der Waals surface area contributed by atoms with Crippen molar-refractivity contribution < 1.29 is 24.3 Å². The maximum atomic E-state index is 12.6. The molecule has 2 aliphatic heterocycles. The van der Waals surface area contributed by atoms with E-state index >= 15 is 0 Å². The van der Waals surface area contributed by atoms with Gasteiger partial charge in [0.15, 0.2) is 10.8 Å². The minimum atomic E-state index is -1.29. The molecule has 0 aromatic carbocycles. The summed E-state index contributed by atoms with van der Waals surface area (Å²) in [6, 6.07) is -0.913. The molecule has 1 fully saturated rings. The van der Waals surface area contributed by atoms with Crippen LogP contribution in [0.4, 0.5) is 5.13 Å². The van der Waals surface area contributed by atoms with E-state index in [2.05, 4.69) is 15.5 Å². The van der Waals surface area contributed by atoms with Gasteiger partial charge in [-0.3, -0.25) is 14.5 Å². The first kappa shape index (κ1) is 19.5. The van der Waals surface area contributed by atoms with Crippen molar-refractivity contribution in [1.82, 2.24) is 15.2 Å². The van der Waals surface area contributed by atoms with Crippen molar-refractivity contribution in [3.05, 3.63) is 21.8 Å². The summed E-state index contributed by atoms with van der Waals surface area (Å²) in [5.41, 5.74) is 5.43. The lowest BCUT2D eigenvalue weighted by Crippen LogP contribution is -2.71. The van der Waals surface area contributed by atoms with Gasteiger partial charge in [0.1, 0.15) is 29.4 Å². The molecule has 1 aromatic rings. The Morgan fingerprint density at radius 3 is 2.93 bits per heavy atom. The number of halogens is 1. The molecule has 2 aliphatic rings. The summed E-state index contributed by atoms with van der Waals surface area (Å²) in [6.45, 7) is 1.93. The number of carbonyl (C=O) groups is 3. The molecule has 3 rings (SSSR count). The molecule has 1 aromatic heterocycles. The number of carboxylic acid groups (broad SMARTS) is 1. The number of amides is 2. The number of thioether (sulfide) groups is 1. The van der Waals surface area contributed by atoms with Crippen molar-refractivity contribution >= 4 is 63.3 Å². The highest BCUT2D eigenvalue weighted by Gasteiger charge is 2.54. The number of nitrogens with two attached hydrogens (primary N) is 1. The van der Waals surface area contributed by atoms with Gasteiger partial charge in [0.25, 0.3) is 11.8 Å². The molecule has 144 valence electrons. The van der Waals surface area contributed by atoms with Crippen LogP contribution in [0.15, 0.2) is 21.3 Å². The van der Waals surface area contributed by atoms with Crippen molar-refractivity contribution in [3.8, 4) is 0 Å². The Morgan fingerprint density at radius 2 is 2.33 bits per heavy atom. The average molecular weight is 432 g/mol. The third kappa shape index (κ3) is 3.59. The number of hydrogen-bond acceptors (Lipinski definition) is 9. The van der Waals surface area contributed by atoms with Gasteiger partial charge in [-0.2, -0.15) is 0 Å². The van der Waals surface area contributed by atoms with Crippen LogP contribution in [0.25, 0.3) is 0 Å². The molecule has 1 unspecified atom stereocenters. The van der Waals surface area contributed by atoms with Crippen LogP contribution in [-0.2, 0) is 19.2 Å². The van der Waals surface area contributed by atoms with Crippen molar-refractivity contribution in [3.63, 3.8) is 0 Å². The minimum absolute atomic E-state index is 0.0819. The molecule has 2 amide bonds. The summed E-state index contributed by atoms with van der Waals surface area (Å²) in [4.78, 5) is 46.4. The molecule has 27 heavy (non-hydrogen) atoms. The second-order valence-corrected chi connectivity index (χ2v) is 7.80. The predicted molar refractivity (Wildman–Crippen MR) is 100 cm³/mol. The van der Waals surface area contributed by atoms with E-state index in [-0.39, 0.29) is 39.6 Å². The Bertz CT molecular complexity index is 870. The van der Waals surface area contributed by atoms with Gasteiger partial charge in [0.05, 0.1) is 5.03 Å². The predicted octanol–water partition coefficient (Wildman–Crippen LogP) is 0.401. The number of fused-ring (bicyclic) bond motifs is 1. The lowest BCUT2D eigenvalue weighted by atomic mass is 10.0. The summed E-state index contributed by atoms with van der Waals surface area (Å²) >= 11 is 8.31. The number of carbonyl (C=O) groups excluding carboxylic acids is 2. The second-order valence-electron chi connectivity index (χ2n) is 5.35. The van der Waals surface area contributed by atoms with Gasteiger partial charge in [0, 0.05) is 11.1 Å². The van der Waals surface area contributed by atoms with E-state index in [0.29, 0.717) is 0 Å². The average Bonchev–Trinajstić information content (AvgIpc) is 3.05. The molecule has 13 heteroatoms. The van der Waals surface area contributed by atoms with Gasteiger partial charge in [0.2, 0.25) is 0 Å². The number of thiazole rings is 1. The molecular weight excluding hydrogens is 418 g/mol. The number of nitrogen functional groups attached to an aromatic ring is 1. The Hall–Kier alpha value is -2.31. The smallest absolute Gasteiger partial charge is 0.353 e. The quantitative estimate of drug-likeness (QED) is 0.333. The number of aliphatic carboxylic acids is 1. The van der Waals surface area contributed by atoms with E-state index in [1.165, 1.54) is 11.8 Å². The van der Waals surface area contributed by atoms with Gasteiger partial charge in [-0.25, -0.2) is 9.78 Å². The van der Waals surface area contributed by atoms with Gasteiger partial charge < -0.3 is 21.0 Å². The topological polar surface area (TPSA) is 147 Å². The van der Waals surface area contributed by atoms with Crippen LogP contribution in [-0.4, -0.2) is 62.3 Å². The molecule has 0 aliphatic carbocycles. The molecule has 0 saturated carbocycles. The highest BCUT2D eigenvalue weighted by molar-refractivity contribution is 8.00. The summed E-state index contributed by atoms with van der Waals surface area (Å²) in [5.74, 6) is -2.30. The zero-order valence-electron chi connectivity index (χ0n) is 13.8. The Balaban J connectivity index is 1.78. The molecule has 0 radical (unpaired) electrons. The van der Waals surface area contributed by atoms with Gasteiger partial charge in [-0.15, -0.1) is 23.1 Å². The fourth-order valence-corrected chi connectivity index (χ4v) is 4.62. The molecule has 0 spiro atoms. The van der Waals surface area contributed by atoms with Crippen LogP contribution >= 0.6 is 34.7 Å². The molecule has 4 N–H and O–H groups in total. The van der Waals surface area contributed by atoms with E-state index in [1.54, 1.807) is 12.3 Å². The van der Waals surface area contributed by atoms with Crippen LogP contribution in [0.3, 0.4) is 0 Å². The van der Waals surface area contributed by atoms with Crippen molar-refractivity contribution in [2.24, 2.45) is 5.16 Å². The Labute approximate surface area is 166 Å². The van der Waals surface area contributed by atoms with Crippen LogP contribution in [0.5, 0.6) is 0 Å². The van der Waals surface area contributed by atoms with Crippen molar-refractivity contribution in [2.75, 3.05) is 18.1 Å². The highest BCUT2D eigenvalue weighted by Crippen LogP contribution is 2.41. The number of oxime groups is 1. The first-order valence-corrected chi connectivity index (χ1v) is 9.94. The third-order valence-corrected chi connectivity index (χ3v) is 6.10. The molecular formula is C14H14ClN5O5S2. The lowest BCUT2D eigenvalue weighted by Gasteiger charge is -2.48. The summed E-state index contributed by atoms with van der Waals surface area (Å²) in [7, 11) is 0. The fraction of sp³-hybridized carbons (Fsp3) is 0.357. The van der Waals surface area contributed by atoms with Crippen LogP contribution in [0.1, 0.15) is 12.6 Å². The fourth-order valence-electron chi connectivity index (χ4n) is 2.52. The number of rotatable bonds is 6. The number of aromatic nitrogens is 1. The van der Waals surface area contributed by atoms with E-state index in [9.17, 15) is 19.5 Å². The Morgan fingerprint density at radius 1 is 1.59 bits per heavy atom. The molecule has 3 heterocycles. The van der Waals surface area contributed by atoms with Gasteiger partial charge >= 0.3 is 5.97 Å². The molecule has 10 nitrogen and oxygen atoms in total. The zero-order valence-corrected chi connectivity index (χ0v) is 16.2. The third-order valence-electron chi connectivity index (χ3n) is 3.68. The SMILES string of the molecule is CCON=C(C(=O)NC1C(=O)N2C(C(=O)O)=C(Cl)CS[C@@H]12)c1csc(N)n1.